The monoisotopic (exact) mass is 353 g/mol. The molecule has 2 heterocycles. The highest BCUT2D eigenvalue weighted by Crippen LogP contribution is 2.49. The van der Waals surface area contributed by atoms with Crippen molar-refractivity contribution in [3.8, 4) is 0 Å². The van der Waals surface area contributed by atoms with Crippen LogP contribution in [0.1, 0.15) is 38.8 Å². The molecule has 8 heteroatoms. The topological polar surface area (TPSA) is 78.4 Å². The molecule has 1 saturated carbocycles. The van der Waals surface area contributed by atoms with Crippen LogP contribution in [-0.2, 0) is 10.2 Å². The largest absolute Gasteiger partial charge is 0.367 e. The summed E-state index contributed by atoms with van der Waals surface area (Å²) in [5.41, 5.74) is 1.08. The van der Waals surface area contributed by atoms with Crippen molar-refractivity contribution in [2.75, 3.05) is 31.5 Å². The van der Waals surface area contributed by atoms with Gasteiger partial charge in [0.2, 0.25) is 0 Å². The summed E-state index contributed by atoms with van der Waals surface area (Å²) in [6.45, 7) is 8.06. The molecule has 1 aliphatic heterocycles. The lowest BCUT2D eigenvalue weighted by Gasteiger charge is -2.45. The summed E-state index contributed by atoms with van der Waals surface area (Å²) in [4.78, 5) is 8.34. The maximum absolute atomic E-state index is 12.7. The van der Waals surface area contributed by atoms with E-state index in [-0.39, 0.29) is 5.41 Å². The zero-order valence-electron chi connectivity index (χ0n) is 14.7. The minimum atomic E-state index is -3.30. The third-order valence-electron chi connectivity index (χ3n) is 5.28. The zero-order valence-corrected chi connectivity index (χ0v) is 15.5. The molecule has 0 amide bonds. The highest BCUT2D eigenvalue weighted by atomic mass is 32.2. The molecule has 0 bridgehead atoms. The lowest BCUT2D eigenvalue weighted by atomic mass is 9.65. The Bertz CT molecular complexity index is 683. The SMILES string of the molecule is CCN(CC)S(=O)(=O)N1CCC2(CC(Nc3cc(C)ncn3)C2)C1. The Morgan fingerprint density at radius 3 is 2.67 bits per heavy atom. The van der Waals surface area contributed by atoms with E-state index in [4.69, 9.17) is 0 Å². The minimum absolute atomic E-state index is 0.139. The van der Waals surface area contributed by atoms with Crippen molar-refractivity contribution in [1.82, 2.24) is 18.6 Å². The first-order valence-electron chi connectivity index (χ1n) is 8.69. The second-order valence-electron chi connectivity index (χ2n) is 6.97. The maximum atomic E-state index is 12.7. The van der Waals surface area contributed by atoms with E-state index < -0.39 is 10.2 Å². The fourth-order valence-corrected chi connectivity index (χ4v) is 5.71. The van der Waals surface area contributed by atoms with E-state index in [2.05, 4.69) is 15.3 Å². The van der Waals surface area contributed by atoms with Gasteiger partial charge >= 0.3 is 0 Å². The number of hydrogen-bond acceptors (Lipinski definition) is 5. The van der Waals surface area contributed by atoms with Gasteiger partial charge in [0, 0.05) is 44.0 Å². The number of aromatic nitrogens is 2. The average molecular weight is 353 g/mol. The van der Waals surface area contributed by atoms with Gasteiger partial charge in [-0.1, -0.05) is 13.8 Å². The molecule has 2 fully saturated rings. The van der Waals surface area contributed by atoms with E-state index in [1.165, 1.54) is 0 Å². The van der Waals surface area contributed by atoms with Crippen molar-refractivity contribution in [3.63, 3.8) is 0 Å². The number of hydrogen-bond donors (Lipinski definition) is 1. The summed E-state index contributed by atoms with van der Waals surface area (Å²) in [5, 5.41) is 3.44. The first-order chi connectivity index (χ1) is 11.4. The molecule has 7 nitrogen and oxygen atoms in total. The molecule has 1 aliphatic carbocycles. The molecule has 0 atom stereocenters. The Morgan fingerprint density at radius 1 is 1.33 bits per heavy atom. The molecule has 2 aliphatic rings. The van der Waals surface area contributed by atoms with E-state index in [1.54, 1.807) is 14.9 Å². The van der Waals surface area contributed by atoms with Crippen LogP contribution in [-0.4, -0.2) is 59.2 Å². The van der Waals surface area contributed by atoms with Crippen LogP contribution in [0.25, 0.3) is 0 Å². The molecular weight excluding hydrogens is 326 g/mol. The molecule has 1 aromatic rings. The van der Waals surface area contributed by atoms with Crippen LogP contribution >= 0.6 is 0 Å². The molecule has 0 unspecified atom stereocenters. The molecule has 134 valence electrons. The van der Waals surface area contributed by atoms with Crippen molar-refractivity contribution in [2.45, 2.75) is 46.1 Å². The number of aryl methyl sites for hydroxylation is 1. The second-order valence-corrected chi connectivity index (χ2v) is 8.90. The molecule has 1 spiro atoms. The van der Waals surface area contributed by atoms with Crippen molar-refractivity contribution < 1.29 is 8.42 Å². The van der Waals surface area contributed by atoms with Gasteiger partial charge in [0.25, 0.3) is 10.2 Å². The van der Waals surface area contributed by atoms with E-state index >= 15 is 0 Å². The smallest absolute Gasteiger partial charge is 0.281 e. The highest BCUT2D eigenvalue weighted by molar-refractivity contribution is 7.86. The lowest BCUT2D eigenvalue weighted by Crippen LogP contribution is -2.49. The molecule has 0 radical (unpaired) electrons. The Labute approximate surface area is 144 Å². The summed E-state index contributed by atoms with van der Waals surface area (Å²) in [7, 11) is -3.30. The number of nitrogens with zero attached hydrogens (tertiary/aromatic N) is 4. The number of nitrogens with one attached hydrogen (secondary N) is 1. The van der Waals surface area contributed by atoms with Crippen LogP contribution < -0.4 is 5.32 Å². The third kappa shape index (κ3) is 3.27. The average Bonchev–Trinajstić information content (AvgIpc) is 2.94. The van der Waals surface area contributed by atoms with E-state index in [0.29, 0.717) is 32.2 Å². The molecular formula is C16H27N5O2S. The van der Waals surface area contributed by atoms with Crippen LogP contribution in [0.5, 0.6) is 0 Å². The molecule has 1 saturated heterocycles. The van der Waals surface area contributed by atoms with Gasteiger partial charge in [-0.2, -0.15) is 17.0 Å². The summed E-state index contributed by atoms with van der Waals surface area (Å²) >= 11 is 0. The van der Waals surface area contributed by atoms with Gasteiger partial charge in [0.1, 0.15) is 12.1 Å². The Morgan fingerprint density at radius 2 is 2.04 bits per heavy atom. The Hall–Kier alpha value is -1.25. The summed E-state index contributed by atoms with van der Waals surface area (Å²) in [5.74, 6) is 0.855. The maximum Gasteiger partial charge on any atom is 0.281 e. The van der Waals surface area contributed by atoms with Gasteiger partial charge in [-0.25, -0.2) is 9.97 Å². The van der Waals surface area contributed by atoms with Crippen molar-refractivity contribution in [1.29, 1.82) is 0 Å². The molecule has 3 rings (SSSR count). The molecule has 24 heavy (non-hydrogen) atoms. The summed E-state index contributed by atoms with van der Waals surface area (Å²) < 4.78 is 28.5. The minimum Gasteiger partial charge on any atom is -0.367 e. The van der Waals surface area contributed by atoms with Crippen LogP contribution in [0.2, 0.25) is 0 Å². The first-order valence-corrected chi connectivity index (χ1v) is 10.1. The van der Waals surface area contributed by atoms with Crippen LogP contribution in [0, 0.1) is 12.3 Å². The third-order valence-corrected chi connectivity index (χ3v) is 7.41. The fraction of sp³-hybridized carbons (Fsp3) is 0.750. The quantitative estimate of drug-likeness (QED) is 0.841. The predicted octanol–water partition coefficient (Wildman–Crippen LogP) is 1.64. The predicted molar refractivity (Wildman–Crippen MR) is 93.9 cm³/mol. The fourth-order valence-electron chi connectivity index (χ4n) is 3.97. The van der Waals surface area contributed by atoms with Crippen molar-refractivity contribution in [3.05, 3.63) is 18.1 Å². The first kappa shape index (κ1) is 17.6. The van der Waals surface area contributed by atoms with Crippen LogP contribution in [0.4, 0.5) is 5.82 Å². The van der Waals surface area contributed by atoms with Crippen LogP contribution in [0.3, 0.4) is 0 Å². The van der Waals surface area contributed by atoms with Gasteiger partial charge in [-0.3, -0.25) is 0 Å². The van der Waals surface area contributed by atoms with Gasteiger partial charge in [0.05, 0.1) is 0 Å². The van der Waals surface area contributed by atoms with Gasteiger partial charge in [0.15, 0.2) is 0 Å². The molecule has 0 aromatic carbocycles. The van der Waals surface area contributed by atoms with Gasteiger partial charge < -0.3 is 5.32 Å². The van der Waals surface area contributed by atoms with E-state index in [0.717, 1.165) is 30.8 Å². The second kappa shape index (κ2) is 6.57. The normalized spacial score (nSPS) is 27.6. The van der Waals surface area contributed by atoms with E-state index in [9.17, 15) is 8.42 Å². The number of rotatable bonds is 6. The summed E-state index contributed by atoms with van der Waals surface area (Å²) in [6, 6.07) is 2.31. The van der Waals surface area contributed by atoms with E-state index in [1.807, 2.05) is 26.8 Å². The van der Waals surface area contributed by atoms with Crippen molar-refractivity contribution in [2.24, 2.45) is 5.41 Å². The standard InChI is InChI=1S/C16H27N5O2S/c1-4-20(5-2)24(22,23)21-7-6-16(11-21)9-14(10-16)19-15-8-13(3)17-12-18-15/h8,12,14H,4-7,9-11H2,1-3H3,(H,17,18,19). The lowest BCUT2D eigenvalue weighted by molar-refractivity contribution is 0.132. The summed E-state index contributed by atoms with van der Waals surface area (Å²) in [6.07, 6.45) is 4.52. The van der Waals surface area contributed by atoms with Crippen LogP contribution in [0.15, 0.2) is 12.4 Å². The number of anilines is 1. The Balaban J connectivity index is 1.57. The van der Waals surface area contributed by atoms with Gasteiger partial charge in [-0.15, -0.1) is 0 Å². The van der Waals surface area contributed by atoms with Crippen molar-refractivity contribution >= 4 is 16.0 Å². The molecule has 1 aromatic heterocycles. The molecule has 1 N–H and O–H groups in total. The highest BCUT2D eigenvalue weighted by Gasteiger charge is 2.51. The zero-order chi connectivity index (χ0) is 17.4. The van der Waals surface area contributed by atoms with Gasteiger partial charge in [-0.05, 0) is 31.6 Å². The Kier molecular flexibility index (Phi) is 4.81.